The first-order chi connectivity index (χ1) is 15.7. The SMILES string of the molecule is Cc1ccc(C)c(/C(O)=C2\C(=O)C(=O)N(c3ccccc3C)C2c2ccc(N(C)C)cc2)c1. The highest BCUT2D eigenvalue weighted by molar-refractivity contribution is 6.51. The Labute approximate surface area is 194 Å². The zero-order valence-electron chi connectivity index (χ0n) is 19.6. The number of aryl methyl sites for hydroxylation is 3. The van der Waals surface area contributed by atoms with Crippen LogP contribution in [0.3, 0.4) is 0 Å². The number of hydrogen-bond donors (Lipinski definition) is 1. The van der Waals surface area contributed by atoms with Crippen LogP contribution < -0.4 is 9.80 Å². The Morgan fingerprint density at radius 1 is 0.879 bits per heavy atom. The fourth-order valence-electron chi connectivity index (χ4n) is 4.32. The predicted molar refractivity (Wildman–Crippen MR) is 133 cm³/mol. The highest BCUT2D eigenvalue weighted by Gasteiger charge is 2.47. The van der Waals surface area contributed by atoms with Gasteiger partial charge in [-0.15, -0.1) is 0 Å². The molecule has 5 heteroatoms. The third-order valence-corrected chi connectivity index (χ3v) is 6.19. The van der Waals surface area contributed by atoms with Gasteiger partial charge in [-0.1, -0.05) is 48.0 Å². The molecule has 33 heavy (non-hydrogen) atoms. The molecule has 3 aromatic carbocycles. The minimum absolute atomic E-state index is 0.106. The van der Waals surface area contributed by atoms with Crippen LogP contribution >= 0.6 is 0 Å². The topological polar surface area (TPSA) is 60.9 Å². The van der Waals surface area contributed by atoms with Gasteiger partial charge in [0.2, 0.25) is 0 Å². The molecule has 0 bridgehead atoms. The Kier molecular flexibility index (Phi) is 5.81. The first-order valence-electron chi connectivity index (χ1n) is 10.9. The monoisotopic (exact) mass is 440 g/mol. The lowest BCUT2D eigenvalue weighted by atomic mass is 9.93. The maximum absolute atomic E-state index is 13.4. The molecule has 1 atom stereocenters. The van der Waals surface area contributed by atoms with Crippen molar-refractivity contribution in [3.05, 3.63) is 100 Å². The second kappa shape index (κ2) is 8.58. The summed E-state index contributed by atoms with van der Waals surface area (Å²) < 4.78 is 0. The molecule has 0 spiro atoms. The van der Waals surface area contributed by atoms with Crippen LogP contribution in [-0.2, 0) is 9.59 Å². The van der Waals surface area contributed by atoms with Crippen LogP contribution in [0.2, 0.25) is 0 Å². The van der Waals surface area contributed by atoms with Gasteiger partial charge < -0.3 is 10.0 Å². The van der Waals surface area contributed by atoms with Crippen molar-refractivity contribution in [1.82, 2.24) is 0 Å². The number of rotatable bonds is 4. The van der Waals surface area contributed by atoms with Crippen molar-refractivity contribution in [3.63, 3.8) is 0 Å². The van der Waals surface area contributed by atoms with E-state index in [1.165, 1.54) is 4.90 Å². The molecule has 1 N–H and O–H groups in total. The number of carbonyl (C=O) groups excluding carboxylic acids is 2. The summed E-state index contributed by atoms with van der Waals surface area (Å²) in [5.74, 6) is -1.47. The zero-order chi connectivity index (χ0) is 23.9. The van der Waals surface area contributed by atoms with Gasteiger partial charge >= 0.3 is 0 Å². The number of carbonyl (C=O) groups is 2. The number of amides is 1. The molecule has 5 nitrogen and oxygen atoms in total. The Balaban J connectivity index is 1.98. The van der Waals surface area contributed by atoms with Crippen molar-refractivity contribution in [2.75, 3.05) is 23.9 Å². The van der Waals surface area contributed by atoms with Gasteiger partial charge in [-0.3, -0.25) is 14.5 Å². The molecule has 1 amide bonds. The van der Waals surface area contributed by atoms with E-state index in [9.17, 15) is 14.7 Å². The van der Waals surface area contributed by atoms with Gasteiger partial charge in [-0.2, -0.15) is 0 Å². The minimum atomic E-state index is -0.734. The number of Topliss-reactive ketones (excluding diaryl/α,β-unsaturated/α-hetero) is 1. The van der Waals surface area contributed by atoms with Crippen molar-refractivity contribution >= 4 is 28.8 Å². The number of aliphatic hydroxyl groups is 1. The third kappa shape index (κ3) is 3.91. The first-order valence-corrected chi connectivity index (χ1v) is 10.9. The largest absolute Gasteiger partial charge is 0.507 e. The molecule has 0 aliphatic carbocycles. The molecular weight excluding hydrogens is 412 g/mol. The van der Waals surface area contributed by atoms with Crippen molar-refractivity contribution < 1.29 is 14.7 Å². The third-order valence-electron chi connectivity index (χ3n) is 6.19. The first kappa shape index (κ1) is 22.3. The van der Waals surface area contributed by atoms with Gasteiger partial charge in [0.05, 0.1) is 11.6 Å². The van der Waals surface area contributed by atoms with E-state index in [0.29, 0.717) is 11.3 Å². The van der Waals surface area contributed by atoms with Crippen LogP contribution in [0.5, 0.6) is 0 Å². The number of para-hydroxylation sites is 1. The lowest BCUT2D eigenvalue weighted by Crippen LogP contribution is -2.30. The normalized spacial score (nSPS) is 17.5. The second-order valence-electron chi connectivity index (χ2n) is 8.76. The number of nitrogens with zero attached hydrogens (tertiary/aromatic N) is 2. The Morgan fingerprint density at radius 3 is 2.18 bits per heavy atom. The molecule has 0 saturated carbocycles. The van der Waals surface area contributed by atoms with Crippen LogP contribution in [0.1, 0.15) is 33.9 Å². The quantitative estimate of drug-likeness (QED) is 0.340. The summed E-state index contributed by atoms with van der Waals surface area (Å²) >= 11 is 0. The molecule has 168 valence electrons. The van der Waals surface area contributed by atoms with E-state index in [0.717, 1.165) is 27.9 Å². The number of ketones is 1. The molecule has 0 radical (unpaired) electrons. The van der Waals surface area contributed by atoms with Crippen molar-refractivity contribution in [1.29, 1.82) is 0 Å². The van der Waals surface area contributed by atoms with Gasteiger partial charge in [0, 0.05) is 31.0 Å². The van der Waals surface area contributed by atoms with Crippen LogP contribution in [0, 0.1) is 20.8 Å². The molecule has 0 aromatic heterocycles. The molecular formula is C28H28N2O3. The summed E-state index contributed by atoms with van der Waals surface area (Å²) in [6, 6.07) is 20.2. The van der Waals surface area contributed by atoms with E-state index in [1.807, 2.05) is 106 Å². The van der Waals surface area contributed by atoms with E-state index >= 15 is 0 Å². The van der Waals surface area contributed by atoms with Gasteiger partial charge in [0.15, 0.2) is 0 Å². The van der Waals surface area contributed by atoms with E-state index < -0.39 is 17.7 Å². The Bertz CT molecular complexity index is 1270. The fraction of sp³-hybridized carbons (Fsp3) is 0.214. The van der Waals surface area contributed by atoms with Gasteiger partial charge in [-0.05, 0) is 61.7 Å². The number of aliphatic hydroxyl groups excluding tert-OH is 1. The van der Waals surface area contributed by atoms with Crippen LogP contribution in [0.25, 0.3) is 5.76 Å². The van der Waals surface area contributed by atoms with Gasteiger partial charge in [0.25, 0.3) is 11.7 Å². The lowest BCUT2D eigenvalue weighted by molar-refractivity contribution is -0.132. The molecule has 1 fully saturated rings. The average molecular weight is 441 g/mol. The Hall–Kier alpha value is -3.86. The summed E-state index contributed by atoms with van der Waals surface area (Å²) in [7, 11) is 3.91. The summed E-state index contributed by atoms with van der Waals surface area (Å²) in [6.45, 7) is 5.72. The molecule has 4 rings (SSSR count). The summed E-state index contributed by atoms with van der Waals surface area (Å²) in [4.78, 5) is 30.2. The number of hydrogen-bond acceptors (Lipinski definition) is 4. The second-order valence-corrected chi connectivity index (χ2v) is 8.76. The van der Waals surface area contributed by atoms with Gasteiger partial charge in [-0.25, -0.2) is 0 Å². The fourth-order valence-corrected chi connectivity index (χ4v) is 4.32. The summed E-state index contributed by atoms with van der Waals surface area (Å²) in [5.41, 5.74) is 5.75. The molecule has 1 heterocycles. The van der Waals surface area contributed by atoms with Gasteiger partial charge in [0.1, 0.15) is 5.76 Å². The summed E-state index contributed by atoms with van der Waals surface area (Å²) in [5, 5.41) is 11.4. The molecule has 1 saturated heterocycles. The van der Waals surface area contributed by atoms with Crippen molar-refractivity contribution in [2.45, 2.75) is 26.8 Å². The van der Waals surface area contributed by atoms with Crippen LogP contribution in [0.15, 0.2) is 72.3 Å². The highest BCUT2D eigenvalue weighted by atomic mass is 16.3. The van der Waals surface area contributed by atoms with Crippen molar-refractivity contribution in [2.24, 2.45) is 0 Å². The molecule has 1 unspecified atom stereocenters. The van der Waals surface area contributed by atoms with Crippen molar-refractivity contribution in [3.8, 4) is 0 Å². The van der Waals surface area contributed by atoms with E-state index in [4.69, 9.17) is 0 Å². The maximum Gasteiger partial charge on any atom is 0.300 e. The Morgan fingerprint density at radius 2 is 1.55 bits per heavy atom. The molecule has 1 aliphatic rings. The summed E-state index contributed by atoms with van der Waals surface area (Å²) in [6.07, 6.45) is 0. The lowest BCUT2D eigenvalue weighted by Gasteiger charge is -2.27. The maximum atomic E-state index is 13.4. The zero-order valence-corrected chi connectivity index (χ0v) is 19.6. The molecule has 1 aliphatic heterocycles. The smallest absolute Gasteiger partial charge is 0.300 e. The number of anilines is 2. The van der Waals surface area contributed by atoms with E-state index in [-0.39, 0.29) is 11.3 Å². The predicted octanol–water partition coefficient (Wildman–Crippen LogP) is 5.30. The average Bonchev–Trinajstić information content (AvgIpc) is 3.06. The number of benzene rings is 3. The highest BCUT2D eigenvalue weighted by Crippen LogP contribution is 2.43. The van der Waals surface area contributed by atoms with Crippen LogP contribution in [-0.4, -0.2) is 30.9 Å². The minimum Gasteiger partial charge on any atom is -0.507 e. The van der Waals surface area contributed by atoms with E-state index in [1.54, 1.807) is 0 Å². The molecule has 3 aromatic rings. The van der Waals surface area contributed by atoms with Crippen LogP contribution in [0.4, 0.5) is 11.4 Å². The van der Waals surface area contributed by atoms with E-state index in [2.05, 4.69) is 0 Å². The standard InChI is InChI=1S/C28H28N2O3/c1-17-10-11-18(2)22(16-17)26(31)24-25(20-12-14-21(15-13-20)29(4)5)30(28(33)27(24)32)23-9-7-6-8-19(23)3/h6-16,25,31H,1-5H3/b26-24+.